The zero-order valence-corrected chi connectivity index (χ0v) is 21.1. The molecule has 10 nitrogen and oxygen atoms in total. The molecule has 0 bridgehead atoms. The molecule has 1 heterocycles. The van der Waals surface area contributed by atoms with Gasteiger partial charge in [-0.1, -0.05) is 18.2 Å². The first-order valence-electron chi connectivity index (χ1n) is 10.4. The van der Waals surface area contributed by atoms with E-state index in [1.165, 1.54) is 26.0 Å². The Hall–Kier alpha value is -3.86. The Balaban J connectivity index is 2.22. The van der Waals surface area contributed by atoms with Crippen LogP contribution in [0.1, 0.15) is 27.8 Å². The van der Waals surface area contributed by atoms with Crippen LogP contribution < -0.4 is 9.47 Å². The summed E-state index contributed by atoms with van der Waals surface area (Å²) in [5.74, 6) is -1.57. The van der Waals surface area contributed by atoms with Gasteiger partial charge in [0.25, 0.3) is 0 Å². The van der Waals surface area contributed by atoms with Crippen molar-refractivity contribution < 1.29 is 38.1 Å². The predicted molar refractivity (Wildman–Crippen MR) is 128 cm³/mol. The van der Waals surface area contributed by atoms with E-state index in [4.69, 9.17) is 23.7 Å². The first-order chi connectivity index (χ1) is 16.9. The second-order valence-electron chi connectivity index (χ2n) is 6.88. The van der Waals surface area contributed by atoms with Gasteiger partial charge in [-0.2, -0.15) is 5.10 Å². The molecule has 0 aliphatic heterocycles. The Labute approximate surface area is 209 Å². The number of carbonyl (C=O) groups excluding carboxylic acids is 3. The summed E-state index contributed by atoms with van der Waals surface area (Å²) >= 11 is 3.47. The summed E-state index contributed by atoms with van der Waals surface area (Å²) in [4.78, 5) is 37.3. The van der Waals surface area contributed by atoms with Crippen LogP contribution in [0.25, 0.3) is 16.9 Å². The van der Waals surface area contributed by atoms with Crippen molar-refractivity contribution in [3.8, 4) is 28.4 Å². The van der Waals surface area contributed by atoms with E-state index >= 15 is 0 Å². The SMILES string of the molecule is CCOC(=O)COc1cc(Br)c(-c2nn(-c3ccccc3)c(C(=O)OC)c2C(=O)OC)cc1OC. The van der Waals surface area contributed by atoms with E-state index in [2.05, 4.69) is 21.0 Å². The monoisotopic (exact) mass is 546 g/mol. The summed E-state index contributed by atoms with van der Waals surface area (Å²) in [6.07, 6.45) is 0. The standard InChI is InChI=1S/C24H23BrN2O8/c1-5-34-19(28)13-35-18-12-16(25)15(11-17(18)31-2)21-20(23(29)32-3)22(24(30)33-4)27(26-21)14-9-7-6-8-10-14/h6-12H,5,13H2,1-4H3. The van der Waals surface area contributed by atoms with E-state index < -0.39 is 17.9 Å². The van der Waals surface area contributed by atoms with Crippen molar-refractivity contribution in [3.05, 3.63) is 58.2 Å². The van der Waals surface area contributed by atoms with Crippen molar-refractivity contribution in [2.75, 3.05) is 34.5 Å². The van der Waals surface area contributed by atoms with E-state index in [1.54, 1.807) is 43.3 Å². The number of rotatable bonds is 9. The van der Waals surface area contributed by atoms with Gasteiger partial charge in [-0.25, -0.2) is 19.1 Å². The molecule has 0 amide bonds. The van der Waals surface area contributed by atoms with E-state index in [0.717, 1.165) is 0 Å². The van der Waals surface area contributed by atoms with Gasteiger partial charge in [-0.05, 0) is 47.1 Å². The molecule has 0 spiro atoms. The zero-order chi connectivity index (χ0) is 25.5. The number of aromatic nitrogens is 2. The first-order valence-corrected chi connectivity index (χ1v) is 11.2. The summed E-state index contributed by atoms with van der Waals surface area (Å²) in [6, 6.07) is 11.9. The average Bonchev–Trinajstić information content (AvgIpc) is 3.27. The van der Waals surface area contributed by atoms with Crippen molar-refractivity contribution in [1.29, 1.82) is 0 Å². The molecule has 0 fully saturated rings. The van der Waals surface area contributed by atoms with Gasteiger partial charge in [0.15, 0.2) is 23.8 Å². The topological polar surface area (TPSA) is 115 Å². The molecule has 3 aromatic rings. The van der Waals surface area contributed by atoms with Crippen LogP contribution in [0.15, 0.2) is 46.9 Å². The summed E-state index contributed by atoms with van der Waals surface area (Å²) in [5.41, 5.74) is 0.885. The Morgan fingerprint density at radius 2 is 1.66 bits per heavy atom. The number of methoxy groups -OCH3 is 3. The molecule has 0 atom stereocenters. The normalized spacial score (nSPS) is 10.4. The molecule has 0 radical (unpaired) electrons. The minimum absolute atomic E-state index is 0.0915. The Kier molecular flexibility index (Phi) is 8.48. The highest BCUT2D eigenvalue weighted by Gasteiger charge is 2.32. The lowest BCUT2D eigenvalue weighted by Crippen LogP contribution is -2.15. The maximum atomic E-state index is 12.9. The summed E-state index contributed by atoms with van der Waals surface area (Å²) in [6.45, 7) is 1.60. The van der Waals surface area contributed by atoms with E-state index in [1.807, 2.05) is 6.07 Å². The molecule has 0 N–H and O–H groups in total. The molecule has 35 heavy (non-hydrogen) atoms. The number of halogens is 1. The second kappa shape index (κ2) is 11.5. The highest BCUT2D eigenvalue weighted by Crippen LogP contribution is 2.40. The summed E-state index contributed by atoms with van der Waals surface area (Å²) < 4.78 is 27.5. The molecule has 2 aromatic carbocycles. The molecular formula is C24H23BrN2O8. The molecule has 11 heteroatoms. The predicted octanol–water partition coefficient (Wildman–Crippen LogP) is 3.83. The summed E-state index contributed by atoms with van der Waals surface area (Å²) in [5, 5.41) is 4.57. The highest BCUT2D eigenvalue weighted by atomic mass is 79.9. The highest BCUT2D eigenvalue weighted by molar-refractivity contribution is 9.10. The average molecular weight is 547 g/mol. The van der Waals surface area contributed by atoms with Gasteiger partial charge in [0.1, 0.15) is 11.3 Å². The largest absolute Gasteiger partial charge is 0.493 e. The Bertz CT molecular complexity index is 1240. The van der Waals surface area contributed by atoms with Gasteiger partial charge in [0, 0.05) is 10.0 Å². The van der Waals surface area contributed by atoms with Crippen LogP contribution in [0.5, 0.6) is 11.5 Å². The quantitative estimate of drug-likeness (QED) is 0.291. The third kappa shape index (κ3) is 5.46. The molecule has 0 saturated heterocycles. The number of ether oxygens (including phenoxy) is 5. The Morgan fingerprint density at radius 1 is 0.971 bits per heavy atom. The van der Waals surface area contributed by atoms with E-state index in [9.17, 15) is 14.4 Å². The van der Waals surface area contributed by atoms with Crippen LogP contribution in [0.2, 0.25) is 0 Å². The molecule has 184 valence electrons. The van der Waals surface area contributed by atoms with Gasteiger partial charge < -0.3 is 23.7 Å². The number of benzene rings is 2. The minimum atomic E-state index is -0.781. The molecule has 0 aliphatic rings. The fraction of sp³-hybridized carbons (Fsp3) is 0.250. The minimum Gasteiger partial charge on any atom is -0.493 e. The molecule has 0 unspecified atom stereocenters. The lowest BCUT2D eigenvalue weighted by Gasteiger charge is -2.13. The van der Waals surface area contributed by atoms with Crippen LogP contribution in [0, 0.1) is 0 Å². The van der Waals surface area contributed by atoms with Crippen LogP contribution in [0.3, 0.4) is 0 Å². The fourth-order valence-corrected chi connectivity index (χ4v) is 3.78. The van der Waals surface area contributed by atoms with Crippen molar-refractivity contribution in [3.63, 3.8) is 0 Å². The zero-order valence-electron chi connectivity index (χ0n) is 19.5. The van der Waals surface area contributed by atoms with Crippen molar-refractivity contribution in [2.24, 2.45) is 0 Å². The maximum absolute atomic E-state index is 12.9. The van der Waals surface area contributed by atoms with Crippen LogP contribution in [-0.4, -0.2) is 62.2 Å². The lowest BCUT2D eigenvalue weighted by molar-refractivity contribution is -0.145. The number of hydrogen-bond donors (Lipinski definition) is 0. The number of hydrogen-bond acceptors (Lipinski definition) is 9. The summed E-state index contributed by atoms with van der Waals surface area (Å²) in [7, 11) is 3.84. The third-order valence-electron chi connectivity index (χ3n) is 4.81. The van der Waals surface area contributed by atoms with Crippen molar-refractivity contribution >= 4 is 33.8 Å². The molecule has 0 saturated carbocycles. The van der Waals surface area contributed by atoms with Gasteiger partial charge >= 0.3 is 17.9 Å². The van der Waals surface area contributed by atoms with Crippen molar-refractivity contribution in [2.45, 2.75) is 6.92 Å². The van der Waals surface area contributed by atoms with Gasteiger partial charge in [-0.15, -0.1) is 0 Å². The van der Waals surface area contributed by atoms with E-state index in [0.29, 0.717) is 15.7 Å². The van der Waals surface area contributed by atoms with E-state index in [-0.39, 0.29) is 41.7 Å². The number of carbonyl (C=O) groups is 3. The maximum Gasteiger partial charge on any atom is 0.357 e. The second-order valence-corrected chi connectivity index (χ2v) is 7.73. The lowest BCUT2D eigenvalue weighted by atomic mass is 10.0. The van der Waals surface area contributed by atoms with Crippen LogP contribution >= 0.6 is 15.9 Å². The fourth-order valence-electron chi connectivity index (χ4n) is 3.27. The number of para-hydroxylation sites is 1. The van der Waals surface area contributed by atoms with Gasteiger partial charge in [0.05, 0.1) is 33.6 Å². The Morgan fingerprint density at radius 3 is 2.26 bits per heavy atom. The molecule has 3 rings (SSSR count). The third-order valence-corrected chi connectivity index (χ3v) is 5.47. The number of esters is 3. The smallest absolute Gasteiger partial charge is 0.357 e. The molecular weight excluding hydrogens is 524 g/mol. The molecule has 1 aromatic heterocycles. The van der Waals surface area contributed by atoms with Gasteiger partial charge in [-0.3, -0.25) is 0 Å². The molecule has 0 aliphatic carbocycles. The van der Waals surface area contributed by atoms with Crippen LogP contribution in [-0.2, 0) is 19.0 Å². The van der Waals surface area contributed by atoms with Gasteiger partial charge in [0.2, 0.25) is 0 Å². The van der Waals surface area contributed by atoms with Crippen molar-refractivity contribution in [1.82, 2.24) is 9.78 Å². The first kappa shape index (κ1) is 25.8. The van der Waals surface area contributed by atoms with Crippen LogP contribution in [0.4, 0.5) is 0 Å². The number of nitrogens with zero attached hydrogens (tertiary/aromatic N) is 2.